The lowest BCUT2D eigenvalue weighted by Gasteiger charge is -2.44. The molecule has 5 heteroatoms. The molecule has 2 aliphatic heterocycles. The fraction of sp³-hybridized carbons (Fsp3) is 0.194. The molecule has 1 aromatic heterocycles. The van der Waals surface area contributed by atoms with Gasteiger partial charge < -0.3 is 14.7 Å². The van der Waals surface area contributed by atoms with Gasteiger partial charge in [0.2, 0.25) is 0 Å². The van der Waals surface area contributed by atoms with E-state index in [1.165, 1.54) is 89.3 Å². The lowest BCUT2D eigenvalue weighted by Crippen LogP contribution is -2.60. The maximum Gasteiger partial charge on any atom is 0.264 e. The maximum absolute atomic E-state index is 3.29. The summed E-state index contributed by atoms with van der Waals surface area (Å²) < 4.78 is 2.77. The smallest absolute Gasteiger partial charge is 0.264 e. The van der Waals surface area contributed by atoms with Gasteiger partial charge in [0.05, 0.1) is 17.1 Å². The van der Waals surface area contributed by atoms with Crippen LogP contribution < -0.4 is 30.4 Å². The molecule has 4 aliphatic rings. The van der Waals surface area contributed by atoms with Gasteiger partial charge in [-0.2, -0.15) is 0 Å². The highest BCUT2D eigenvalue weighted by atomic mass is 32.1. The molecule has 0 radical (unpaired) electrons. The molecular formula is C67H58BN3S. The number of allylic oxidation sites excluding steroid dienone is 4. The SMILES string of the molecule is CC1CCC(C)(C)c2cc3sc4c(c3cc21)N(c1ccc(C(C)(C)C)cc1)c1cc(N(c2ccccc2)c2ccccc2)cc2c1B4c1ccc(C3C=CC=CC3)cc1N2c1ccccc1-c1cc#ccc1. The van der Waals surface area contributed by atoms with Crippen LogP contribution in [0.4, 0.5) is 51.2 Å². The molecule has 9 aromatic rings. The highest BCUT2D eigenvalue weighted by Gasteiger charge is 2.47. The van der Waals surface area contributed by atoms with Crippen molar-refractivity contribution in [1.29, 1.82) is 0 Å². The Morgan fingerprint density at radius 2 is 1.42 bits per heavy atom. The predicted octanol–water partition coefficient (Wildman–Crippen LogP) is 16.8. The van der Waals surface area contributed by atoms with Crippen LogP contribution in [0, 0.1) is 12.1 Å². The van der Waals surface area contributed by atoms with Gasteiger partial charge in [-0.05, 0) is 166 Å². The first-order valence-electron chi connectivity index (χ1n) is 25.9. The van der Waals surface area contributed by atoms with Crippen molar-refractivity contribution in [2.75, 3.05) is 14.7 Å². The van der Waals surface area contributed by atoms with E-state index < -0.39 is 0 Å². The van der Waals surface area contributed by atoms with Crippen LogP contribution in [0.2, 0.25) is 0 Å². The van der Waals surface area contributed by atoms with Crippen LogP contribution in [0.5, 0.6) is 0 Å². The molecule has 2 aliphatic carbocycles. The summed E-state index contributed by atoms with van der Waals surface area (Å²) in [6.07, 6.45) is 12.5. The molecule has 2 atom stereocenters. The van der Waals surface area contributed by atoms with E-state index >= 15 is 0 Å². The molecule has 2 unspecified atom stereocenters. The second kappa shape index (κ2) is 17.1. The largest absolute Gasteiger partial charge is 0.311 e. The van der Waals surface area contributed by atoms with Crippen LogP contribution in [0.25, 0.3) is 21.2 Å². The fourth-order valence-electron chi connectivity index (χ4n) is 12.3. The van der Waals surface area contributed by atoms with E-state index in [9.17, 15) is 0 Å². The van der Waals surface area contributed by atoms with E-state index in [0.717, 1.165) is 40.3 Å². The van der Waals surface area contributed by atoms with Crippen LogP contribution in [0.1, 0.15) is 94.9 Å². The standard InChI is InChI=1S/C67H58BN3S/c1-44-37-38-67(5,6)56-43-62-55(42-54(44)56)64-65(72-62)68-57-36-31-47(45-21-11-7-12-22-45)39-59(57)71(58-30-20-19-29-53(58)46-23-13-8-14-24-46)61-41-52(69(49-25-15-9-16-26-49)50-27-17-10-18-28-50)40-60(63(61)68)70(64)51-34-32-48(33-35-51)66(2,3)4/h7,9-13,15-21,23-36,39-45H,22,37-38H2,1-6H3. The van der Waals surface area contributed by atoms with Gasteiger partial charge in [0, 0.05) is 60.5 Å². The normalized spacial score (nSPS) is 17.2. The highest BCUT2D eigenvalue weighted by molar-refractivity contribution is 7.33. The third-order valence-corrected chi connectivity index (χ3v) is 17.3. The molecule has 0 spiro atoms. The molecule has 13 rings (SSSR count). The molecule has 0 fully saturated rings. The number of para-hydroxylation sites is 3. The Bertz CT molecular complexity index is 3560. The lowest BCUT2D eigenvalue weighted by molar-refractivity contribution is 0.403. The Morgan fingerprint density at radius 1 is 0.694 bits per heavy atom. The van der Waals surface area contributed by atoms with Crippen LogP contribution in [0.3, 0.4) is 0 Å². The van der Waals surface area contributed by atoms with Gasteiger partial charge in [-0.15, -0.1) is 11.3 Å². The number of rotatable bonds is 7. The van der Waals surface area contributed by atoms with Gasteiger partial charge in [0.15, 0.2) is 0 Å². The number of hydrogen-bond donors (Lipinski definition) is 0. The molecule has 0 saturated carbocycles. The predicted molar refractivity (Wildman–Crippen MR) is 309 cm³/mol. The third kappa shape index (κ3) is 7.25. The van der Waals surface area contributed by atoms with Crippen LogP contribution in [0.15, 0.2) is 194 Å². The molecular weight excluding hydrogens is 890 g/mol. The Kier molecular flexibility index (Phi) is 10.5. The Hall–Kier alpha value is -7.52. The molecule has 3 heterocycles. The van der Waals surface area contributed by atoms with Crippen molar-refractivity contribution in [3.8, 4) is 11.1 Å². The summed E-state index contributed by atoms with van der Waals surface area (Å²) in [5, 5.41) is 1.35. The molecule has 8 aromatic carbocycles. The quantitative estimate of drug-likeness (QED) is 0.147. The van der Waals surface area contributed by atoms with E-state index in [2.05, 4.69) is 256 Å². The summed E-state index contributed by atoms with van der Waals surface area (Å²) in [5.74, 6) is 0.763. The Labute approximate surface area is 430 Å². The Balaban J connectivity index is 1.18. The summed E-state index contributed by atoms with van der Waals surface area (Å²) in [5.41, 5.74) is 21.2. The topological polar surface area (TPSA) is 9.72 Å². The van der Waals surface area contributed by atoms with E-state index in [1.54, 1.807) is 0 Å². The molecule has 350 valence electrons. The summed E-state index contributed by atoms with van der Waals surface area (Å²) in [6, 6.07) is 70.6. The van der Waals surface area contributed by atoms with Gasteiger partial charge in [0.25, 0.3) is 6.71 Å². The molecule has 0 N–H and O–H groups in total. The summed E-state index contributed by atoms with van der Waals surface area (Å²) in [7, 11) is 0. The molecule has 0 bridgehead atoms. The van der Waals surface area contributed by atoms with Crippen LogP contribution in [-0.4, -0.2) is 6.71 Å². The minimum Gasteiger partial charge on any atom is -0.311 e. The van der Waals surface area contributed by atoms with Crippen molar-refractivity contribution in [3.05, 3.63) is 229 Å². The molecule has 0 saturated heterocycles. The lowest BCUT2D eigenvalue weighted by atomic mass is 9.36. The van der Waals surface area contributed by atoms with Crippen molar-refractivity contribution in [2.24, 2.45) is 0 Å². The zero-order valence-electron chi connectivity index (χ0n) is 42.1. The van der Waals surface area contributed by atoms with Gasteiger partial charge in [-0.25, -0.2) is 0 Å². The summed E-state index contributed by atoms with van der Waals surface area (Å²) >= 11 is 2.02. The summed E-state index contributed by atoms with van der Waals surface area (Å²) in [4.78, 5) is 7.72. The van der Waals surface area contributed by atoms with Crippen molar-refractivity contribution >= 4 is 95.0 Å². The van der Waals surface area contributed by atoms with Crippen molar-refractivity contribution in [3.63, 3.8) is 0 Å². The zero-order chi connectivity index (χ0) is 48.9. The first-order valence-corrected chi connectivity index (χ1v) is 26.7. The Morgan fingerprint density at radius 3 is 2.11 bits per heavy atom. The number of fused-ring (bicyclic) bond motifs is 7. The maximum atomic E-state index is 3.29. The van der Waals surface area contributed by atoms with Crippen molar-refractivity contribution < 1.29 is 0 Å². The molecule has 72 heavy (non-hydrogen) atoms. The average Bonchev–Trinajstić information content (AvgIpc) is 3.78. The summed E-state index contributed by atoms with van der Waals surface area (Å²) in [6.45, 7) is 14.3. The monoisotopic (exact) mass is 947 g/mol. The second-order valence-corrected chi connectivity index (χ2v) is 23.2. The minimum absolute atomic E-state index is 0.00736. The second-order valence-electron chi connectivity index (χ2n) is 22.1. The number of hydrogen-bond acceptors (Lipinski definition) is 4. The van der Waals surface area contributed by atoms with Gasteiger partial charge >= 0.3 is 0 Å². The van der Waals surface area contributed by atoms with E-state index in [1.807, 2.05) is 17.4 Å². The first-order chi connectivity index (χ1) is 35.0. The number of thiophene rings is 1. The van der Waals surface area contributed by atoms with Gasteiger partial charge in [0.1, 0.15) is 0 Å². The first kappa shape index (κ1) is 44.4. The van der Waals surface area contributed by atoms with E-state index in [4.69, 9.17) is 0 Å². The third-order valence-electron chi connectivity index (χ3n) is 16.1. The minimum atomic E-state index is -0.0279. The van der Waals surface area contributed by atoms with Crippen molar-refractivity contribution in [2.45, 2.75) is 83.5 Å². The van der Waals surface area contributed by atoms with E-state index in [0.29, 0.717) is 5.92 Å². The number of benzene rings is 7. The van der Waals surface area contributed by atoms with Crippen LogP contribution >= 0.6 is 11.3 Å². The number of anilines is 9. The fourth-order valence-corrected chi connectivity index (χ4v) is 13.6. The van der Waals surface area contributed by atoms with Gasteiger partial charge in [-0.1, -0.05) is 157 Å². The molecule has 0 amide bonds. The number of nitrogens with zero attached hydrogens (tertiary/aromatic N) is 3. The van der Waals surface area contributed by atoms with Gasteiger partial charge in [-0.3, -0.25) is 0 Å². The zero-order valence-corrected chi connectivity index (χ0v) is 42.9. The van der Waals surface area contributed by atoms with Crippen LogP contribution in [-0.2, 0) is 10.8 Å². The average molecular weight is 948 g/mol. The van der Waals surface area contributed by atoms with Crippen molar-refractivity contribution in [1.82, 2.24) is 0 Å². The van der Waals surface area contributed by atoms with E-state index in [-0.39, 0.29) is 23.5 Å². The highest BCUT2D eigenvalue weighted by Crippen LogP contribution is 2.54. The molecule has 3 nitrogen and oxygen atoms in total.